The molecule has 10 nitrogen and oxygen atoms in total. The van der Waals surface area contributed by atoms with Crippen LogP contribution in [0.2, 0.25) is 0 Å². The van der Waals surface area contributed by atoms with Crippen molar-refractivity contribution in [3.63, 3.8) is 0 Å². The van der Waals surface area contributed by atoms with Crippen molar-refractivity contribution < 1.29 is 23.6 Å². The molecule has 1 unspecified atom stereocenters. The van der Waals surface area contributed by atoms with Crippen molar-refractivity contribution in [1.82, 2.24) is 19.5 Å². The summed E-state index contributed by atoms with van der Waals surface area (Å²) < 4.78 is 22.9. The van der Waals surface area contributed by atoms with Crippen LogP contribution in [0.25, 0.3) is 11.2 Å². The van der Waals surface area contributed by atoms with Crippen molar-refractivity contribution in [2.24, 2.45) is 0 Å². The lowest BCUT2D eigenvalue weighted by Gasteiger charge is -2.23. The highest BCUT2D eigenvalue weighted by Crippen LogP contribution is 2.36. The Bertz CT molecular complexity index is 827. The van der Waals surface area contributed by atoms with Gasteiger partial charge in [0.1, 0.15) is 12.6 Å². The van der Waals surface area contributed by atoms with Crippen LogP contribution in [0.4, 0.5) is 5.82 Å². The molecule has 3 heterocycles. The normalized spacial score (nSPS) is 19.0. The highest BCUT2D eigenvalue weighted by atomic mass is 31.2. The predicted octanol–water partition coefficient (Wildman–Crippen LogP) is 1.99. The van der Waals surface area contributed by atoms with Crippen LogP contribution in [0.1, 0.15) is 32.4 Å². The van der Waals surface area contributed by atoms with E-state index in [1.54, 1.807) is 19.3 Å². The fourth-order valence-electron chi connectivity index (χ4n) is 2.70. The average Bonchev–Trinajstić information content (AvgIpc) is 3.05. The van der Waals surface area contributed by atoms with Crippen molar-refractivity contribution in [3.05, 3.63) is 24.3 Å². The molecule has 142 valence electrons. The molecule has 1 aliphatic heterocycles. The lowest BCUT2D eigenvalue weighted by atomic mass is 10.2. The Morgan fingerprint density at radius 2 is 2.31 bits per heavy atom. The minimum Gasteiger partial charge on any atom is -0.365 e. The lowest BCUT2D eigenvalue weighted by molar-refractivity contribution is -0.0298. The van der Waals surface area contributed by atoms with Gasteiger partial charge in [0.15, 0.2) is 17.0 Å². The number of ether oxygens (including phenoxy) is 1. The molecule has 3 rings (SSSR count). The number of nitrogens with one attached hydrogen (secondary N) is 1. The number of imidazole rings is 1. The first-order chi connectivity index (χ1) is 12.4. The van der Waals surface area contributed by atoms with Gasteiger partial charge in [0.05, 0.1) is 12.9 Å². The Hall–Kier alpha value is -1.84. The molecular formula is C15H22N5O5P. The number of fused-ring (bicyclic) bond motifs is 1. The Morgan fingerprint density at radius 1 is 1.46 bits per heavy atom. The number of aromatic nitrogens is 4. The van der Waals surface area contributed by atoms with E-state index in [9.17, 15) is 4.57 Å². The van der Waals surface area contributed by atoms with Crippen molar-refractivity contribution in [3.8, 4) is 0 Å². The fraction of sp³-hybridized carbons (Fsp3) is 0.533. The van der Waals surface area contributed by atoms with Crippen LogP contribution in [0.15, 0.2) is 24.3 Å². The summed E-state index contributed by atoms with van der Waals surface area (Å²) in [5.74, 6) is 0.588. The van der Waals surface area contributed by atoms with Gasteiger partial charge in [-0.15, -0.1) is 0 Å². The second kappa shape index (κ2) is 8.24. The molecule has 0 aliphatic carbocycles. The summed E-state index contributed by atoms with van der Waals surface area (Å²) in [6, 6.07) is 0. The van der Waals surface area contributed by atoms with E-state index in [-0.39, 0.29) is 12.8 Å². The average molecular weight is 383 g/mol. The van der Waals surface area contributed by atoms with E-state index in [0.29, 0.717) is 29.1 Å². The minimum atomic E-state index is -4.46. The Balaban J connectivity index is 1.67. The van der Waals surface area contributed by atoms with Gasteiger partial charge in [-0.1, -0.05) is 6.08 Å². The first-order valence-electron chi connectivity index (χ1n) is 8.33. The van der Waals surface area contributed by atoms with Crippen LogP contribution < -0.4 is 5.32 Å². The summed E-state index contributed by atoms with van der Waals surface area (Å²) >= 11 is 0. The smallest absolute Gasteiger partial charge is 0.365 e. The number of hydrogen-bond acceptors (Lipinski definition) is 7. The second-order valence-electron chi connectivity index (χ2n) is 6.06. The summed E-state index contributed by atoms with van der Waals surface area (Å²) in [5, 5.41) is 3.14. The quantitative estimate of drug-likeness (QED) is 0.485. The molecule has 11 heteroatoms. The summed E-state index contributed by atoms with van der Waals surface area (Å²) in [6.45, 7) is 2.73. The zero-order valence-corrected chi connectivity index (χ0v) is 15.3. The Kier molecular flexibility index (Phi) is 6.00. The topological polar surface area (TPSA) is 132 Å². The predicted molar refractivity (Wildman–Crippen MR) is 94.4 cm³/mol. The van der Waals surface area contributed by atoms with Gasteiger partial charge in [0, 0.05) is 13.2 Å². The van der Waals surface area contributed by atoms with Crippen LogP contribution >= 0.6 is 7.82 Å². The van der Waals surface area contributed by atoms with E-state index in [0.717, 1.165) is 25.9 Å². The summed E-state index contributed by atoms with van der Waals surface area (Å²) in [6.07, 6.45) is 8.02. The van der Waals surface area contributed by atoms with E-state index in [1.165, 1.54) is 6.33 Å². The third-order valence-corrected chi connectivity index (χ3v) is 4.47. The molecule has 0 spiro atoms. The molecule has 0 aromatic carbocycles. The molecule has 1 saturated heterocycles. The van der Waals surface area contributed by atoms with E-state index in [2.05, 4.69) is 24.8 Å². The minimum absolute atomic E-state index is 0.0524. The van der Waals surface area contributed by atoms with E-state index < -0.39 is 7.82 Å². The van der Waals surface area contributed by atoms with Gasteiger partial charge in [-0.05, 0) is 31.8 Å². The van der Waals surface area contributed by atoms with Crippen LogP contribution in [-0.4, -0.2) is 49.1 Å². The lowest BCUT2D eigenvalue weighted by Crippen LogP contribution is -2.17. The third kappa shape index (κ3) is 4.87. The molecule has 26 heavy (non-hydrogen) atoms. The number of anilines is 1. The largest absolute Gasteiger partial charge is 0.469 e. The molecule has 1 aliphatic rings. The number of hydrogen-bond donors (Lipinski definition) is 3. The van der Waals surface area contributed by atoms with Gasteiger partial charge in [-0.2, -0.15) is 0 Å². The van der Waals surface area contributed by atoms with Crippen LogP contribution in [0, 0.1) is 0 Å². The highest BCUT2D eigenvalue weighted by Gasteiger charge is 2.20. The van der Waals surface area contributed by atoms with Crippen molar-refractivity contribution in [1.29, 1.82) is 0 Å². The van der Waals surface area contributed by atoms with Gasteiger partial charge < -0.3 is 19.8 Å². The van der Waals surface area contributed by atoms with Crippen LogP contribution in [0.3, 0.4) is 0 Å². The third-order valence-electron chi connectivity index (χ3n) is 4.01. The maximum absolute atomic E-state index is 10.7. The first kappa shape index (κ1) is 18.9. The molecule has 2 aromatic heterocycles. The van der Waals surface area contributed by atoms with E-state index >= 15 is 0 Å². The van der Waals surface area contributed by atoms with E-state index in [4.69, 9.17) is 14.5 Å². The maximum atomic E-state index is 10.7. The number of rotatable bonds is 7. The fourth-order valence-corrected chi connectivity index (χ4v) is 3.07. The zero-order valence-electron chi connectivity index (χ0n) is 14.4. The molecule has 2 aromatic rings. The molecule has 1 atom stereocenters. The molecular weight excluding hydrogens is 361 g/mol. The molecule has 0 radical (unpaired) electrons. The standard InChI is InChI=1S/C15H22N5O5P/c1-11(8-25-26(21,22)23)5-6-16-14-13-15(18-9-17-14)20(10-19-13)12-4-2-3-7-24-12/h5,9-10,12H,2-4,6-8H2,1H3,(H,16,17,18)(H2,21,22,23)/b11-5+. The number of nitrogens with zero attached hydrogens (tertiary/aromatic N) is 4. The molecule has 0 amide bonds. The van der Waals surface area contributed by atoms with Gasteiger partial charge in [0.2, 0.25) is 0 Å². The van der Waals surface area contributed by atoms with Crippen LogP contribution in [0.5, 0.6) is 0 Å². The van der Waals surface area contributed by atoms with Gasteiger partial charge in [-0.25, -0.2) is 19.5 Å². The van der Waals surface area contributed by atoms with Crippen molar-refractivity contribution in [2.45, 2.75) is 32.4 Å². The second-order valence-corrected chi connectivity index (χ2v) is 7.30. The molecule has 3 N–H and O–H groups in total. The number of phosphoric acid groups is 1. The molecule has 0 saturated carbocycles. The van der Waals surface area contributed by atoms with E-state index in [1.807, 2.05) is 4.57 Å². The monoisotopic (exact) mass is 383 g/mol. The summed E-state index contributed by atoms with van der Waals surface area (Å²) in [4.78, 5) is 30.4. The summed E-state index contributed by atoms with van der Waals surface area (Å²) in [7, 11) is -4.46. The van der Waals surface area contributed by atoms with Gasteiger partial charge >= 0.3 is 7.82 Å². The van der Waals surface area contributed by atoms with Gasteiger partial charge in [-0.3, -0.25) is 9.09 Å². The van der Waals surface area contributed by atoms with Crippen molar-refractivity contribution in [2.75, 3.05) is 25.1 Å². The van der Waals surface area contributed by atoms with Gasteiger partial charge in [0.25, 0.3) is 0 Å². The SMILES string of the molecule is C/C(=C\CNc1ncnc2c1ncn2C1CCCCO1)COP(=O)(O)O. The Labute approximate surface area is 150 Å². The molecule has 1 fully saturated rings. The van der Waals surface area contributed by atoms with Crippen LogP contribution in [-0.2, 0) is 13.8 Å². The molecule has 0 bridgehead atoms. The zero-order chi connectivity index (χ0) is 18.6. The first-order valence-corrected chi connectivity index (χ1v) is 9.86. The number of phosphoric ester groups is 1. The Morgan fingerprint density at radius 3 is 3.04 bits per heavy atom. The summed E-state index contributed by atoms with van der Waals surface area (Å²) in [5.41, 5.74) is 2.05. The maximum Gasteiger partial charge on any atom is 0.469 e. The highest BCUT2D eigenvalue weighted by molar-refractivity contribution is 7.46. The van der Waals surface area contributed by atoms with Crippen molar-refractivity contribution >= 4 is 24.8 Å².